The fourth-order valence-corrected chi connectivity index (χ4v) is 1.81. The number of hydrogen-bond acceptors (Lipinski definition) is 5. The lowest BCUT2D eigenvalue weighted by molar-refractivity contribution is -0.133. The van der Waals surface area contributed by atoms with E-state index in [4.69, 9.17) is 9.47 Å². The third kappa shape index (κ3) is 4.21. The first-order chi connectivity index (χ1) is 10.2. The van der Waals surface area contributed by atoms with Gasteiger partial charge in [0, 0.05) is 13.1 Å². The number of carbonyl (C=O) groups is 2. The fraction of sp³-hybridized carbons (Fsp3) is 0.400. The summed E-state index contributed by atoms with van der Waals surface area (Å²) in [7, 11) is 1.88. The van der Waals surface area contributed by atoms with Crippen LogP contribution < -0.4 is 10.1 Å². The van der Waals surface area contributed by atoms with Gasteiger partial charge in [0.25, 0.3) is 0 Å². The first-order valence-electron chi connectivity index (χ1n) is 6.83. The number of amides is 1. The number of imidazole rings is 1. The summed E-state index contributed by atoms with van der Waals surface area (Å²) < 4.78 is 12.0. The molecule has 0 aliphatic rings. The van der Waals surface area contributed by atoms with Gasteiger partial charge in [-0.05, 0) is 32.9 Å². The molecule has 1 aromatic heterocycles. The maximum Gasteiger partial charge on any atom is 0.408 e. The summed E-state index contributed by atoms with van der Waals surface area (Å²) in [6.07, 6.45) is 1.02. The molecule has 118 valence electrons. The Bertz CT molecular complexity index is 700. The van der Waals surface area contributed by atoms with Crippen molar-refractivity contribution in [2.75, 3.05) is 6.54 Å². The number of aryl methyl sites for hydroxylation is 1. The van der Waals surface area contributed by atoms with E-state index in [1.54, 1.807) is 39.2 Å². The van der Waals surface area contributed by atoms with Gasteiger partial charge >= 0.3 is 12.1 Å². The monoisotopic (exact) mass is 305 g/mol. The zero-order valence-corrected chi connectivity index (χ0v) is 13.0. The first kappa shape index (κ1) is 15.8. The van der Waals surface area contributed by atoms with E-state index in [2.05, 4.69) is 10.3 Å². The Kier molecular flexibility index (Phi) is 4.35. The molecule has 0 saturated heterocycles. The number of fused-ring (bicyclic) bond motifs is 1. The van der Waals surface area contributed by atoms with Gasteiger partial charge in [-0.2, -0.15) is 0 Å². The quantitative estimate of drug-likeness (QED) is 0.693. The molecule has 22 heavy (non-hydrogen) atoms. The molecule has 1 aromatic carbocycles. The van der Waals surface area contributed by atoms with Gasteiger partial charge in [-0.3, -0.25) is 0 Å². The van der Waals surface area contributed by atoms with Crippen molar-refractivity contribution in [3.05, 3.63) is 24.5 Å². The van der Waals surface area contributed by atoms with Crippen LogP contribution in [0.25, 0.3) is 11.0 Å². The molecule has 0 saturated carbocycles. The Morgan fingerprint density at radius 3 is 2.73 bits per heavy atom. The highest BCUT2D eigenvalue weighted by atomic mass is 16.6. The van der Waals surface area contributed by atoms with Gasteiger partial charge < -0.3 is 19.4 Å². The van der Waals surface area contributed by atoms with Crippen molar-refractivity contribution in [3.8, 4) is 5.75 Å². The van der Waals surface area contributed by atoms with Crippen LogP contribution in [0.1, 0.15) is 20.8 Å². The van der Waals surface area contributed by atoms with E-state index in [0.29, 0.717) is 5.75 Å². The minimum atomic E-state index is -0.662. The molecule has 0 atom stereocenters. The van der Waals surface area contributed by atoms with E-state index in [1.807, 2.05) is 17.7 Å². The summed E-state index contributed by atoms with van der Waals surface area (Å²) >= 11 is 0. The number of alkyl carbamates (subject to hydrolysis) is 1. The van der Waals surface area contributed by atoms with Crippen molar-refractivity contribution in [2.45, 2.75) is 26.4 Å². The number of nitrogens with one attached hydrogen (secondary N) is 1. The number of nitrogens with zero attached hydrogens (tertiary/aromatic N) is 2. The normalized spacial score (nSPS) is 11.3. The predicted octanol–water partition coefficient (Wildman–Crippen LogP) is 2.00. The van der Waals surface area contributed by atoms with Crippen LogP contribution in [-0.4, -0.2) is 33.8 Å². The molecule has 0 unspecified atom stereocenters. The van der Waals surface area contributed by atoms with E-state index in [0.717, 1.165) is 11.0 Å². The van der Waals surface area contributed by atoms with Crippen LogP contribution in [0.4, 0.5) is 4.79 Å². The second-order valence-electron chi connectivity index (χ2n) is 5.84. The van der Waals surface area contributed by atoms with Crippen molar-refractivity contribution in [2.24, 2.45) is 7.05 Å². The summed E-state index contributed by atoms with van der Waals surface area (Å²) in [5.41, 5.74) is 1.05. The standard InChI is InChI=1S/C15H19N3O4/c1-15(2,3)22-14(20)16-8-13(19)21-10-5-6-12-11(7-10)17-9-18(12)4/h5-7,9H,8H2,1-4H3,(H,16,20). The van der Waals surface area contributed by atoms with Crippen molar-refractivity contribution >= 4 is 23.1 Å². The number of ether oxygens (including phenoxy) is 2. The maximum atomic E-state index is 11.7. The van der Waals surface area contributed by atoms with Gasteiger partial charge in [-0.1, -0.05) is 0 Å². The Hall–Kier alpha value is -2.57. The number of rotatable bonds is 3. The highest BCUT2D eigenvalue weighted by Crippen LogP contribution is 2.19. The highest BCUT2D eigenvalue weighted by Gasteiger charge is 2.17. The third-order valence-corrected chi connectivity index (χ3v) is 2.70. The lowest BCUT2D eigenvalue weighted by atomic mass is 10.2. The largest absolute Gasteiger partial charge is 0.444 e. The number of carbonyl (C=O) groups excluding carboxylic acids is 2. The maximum absolute atomic E-state index is 11.7. The van der Waals surface area contributed by atoms with Crippen LogP contribution in [0.2, 0.25) is 0 Å². The van der Waals surface area contributed by atoms with E-state index < -0.39 is 17.7 Å². The molecule has 2 aromatic rings. The van der Waals surface area contributed by atoms with Crippen LogP contribution >= 0.6 is 0 Å². The predicted molar refractivity (Wildman–Crippen MR) is 80.6 cm³/mol. The number of esters is 1. The molecule has 7 heteroatoms. The Labute approximate surface area is 128 Å². The van der Waals surface area contributed by atoms with Gasteiger partial charge in [-0.25, -0.2) is 14.6 Å². The van der Waals surface area contributed by atoms with Crippen LogP contribution in [-0.2, 0) is 16.6 Å². The Morgan fingerprint density at radius 2 is 2.05 bits per heavy atom. The van der Waals surface area contributed by atoms with Crippen molar-refractivity contribution in [3.63, 3.8) is 0 Å². The summed E-state index contributed by atoms with van der Waals surface area (Å²) in [6.45, 7) is 4.96. The first-order valence-corrected chi connectivity index (χ1v) is 6.83. The van der Waals surface area contributed by atoms with Gasteiger partial charge in [0.15, 0.2) is 0 Å². The molecule has 0 fully saturated rings. The fourth-order valence-electron chi connectivity index (χ4n) is 1.81. The zero-order valence-electron chi connectivity index (χ0n) is 13.0. The average Bonchev–Trinajstić information content (AvgIpc) is 2.76. The number of hydrogen-bond donors (Lipinski definition) is 1. The molecule has 0 aliphatic heterocycles. The molecule has 0 radical (unpaired) electrons. The lowest BCUT2D eigenvalue weighted by Crippen LogP contribution is -2.36. The molecule has 0 bridgehead atoms. The number of aromatic nitrogens is 2. The Balaban J connectivity index is 1.89. The van der Waals surface area contributed by atoms with Gasteiger partial charge in [0.2, 0.25) is 0 Å². The van der Waals surface area contributed by atoms with E-state index in [-0.39, 0.29) is 6.54 Å². The van der Waals surface area contributed by atoms with Crippen LogP contribution in [0.5, 0.6) is 5.75 Å². The molecule has 1 heterocycles. The van der Waals surface area contributed by atoms with Crippen molar-refractivity contribution in [1.29, 1.82) is 0 Å². The lowest BCUT2D eigenvalue weighted by Gasteiger charge is -2.19. The van der Waals surface area contributed by atoms with E-state index in [1.165, 1.54) is 0 Å². The van der Waals surface area contributed by atoms with Crippen molar-refractivity contribution < 1.29 is 19.1 Å². The van der Waals surface area contributed by atoms with Gasteiger partial charge in [0.05, 0.1) is 17.4 Å². The second kappa shape index (κ2) is 6.05. The minimum Gasteiger partial charge on any atom is -0.444 e. The van der Waals surface area contributed by atoms with Gasteiger partial charge in [0.1, 0.15) is 17.9 Å². The van der Waals surface area contributed by atoms with E-state index >= 15 is 0 Å². The van der Waals surface area contributed by atoms with Crippen molar-refractivity contribution in [1.82, 2.24) is 14.9 Å². The van der Waals surface area contributed by atoms with Crippen LogP contribution in [0, 0.1) is 0 Å². The summed E-state index contributed by atoms with van der Waals surface area (Å²) in [5.74, 6) is -0.205. The zero-order chi connectivity index (χ0) is 16.3. The van der Waals surface area contributed by atoms with Crippen LogP contribution in [0.3, 0.4) is 0 Å². The number of benzene rings is 1. The summed E-state index contributed by atoms with van der Waals surface area (Å²) in [4.78, 5) is 27.3. The van der Waals surface area contributed by atoms with Gasteiger partial charge in [-0.15, -0.1) is 0 Å². The highest BCUT2D eigenvalue weighted by molar-refractivity contribution is 5.81. The average molecular weight is 305 g/mol. The smallest absolute Gasteiger partial charge is 0.408 e. The molecule has 7 nitrogen and oxygen atoms in total. The molecule has 0 aliphatic carbocycles. The molecule has 2 rings (SSSR count). The molecule has 1 N–H and O–H groups in total. The minimum absolute atomic E-state index is 0.269. The van der Waals surface area contributed by atoms with Crippen LogP contribution in [0.15, 0.2) is 24.5 Å². The van der Waals surface area contributed by atoms with E-state index in [9.17, 15) is 9.59 Å². The molecular formula is C15H19N3O4. The summed E-state index contributed by atoms with van der Waals surface area (Å²) in [6, 6.07) is 5.16. The molecular weight excluding hydrogens is 286 g/mol. The summed E-state index contributed by atoms with van der Waals surface area (Å²) in [5, 5.41) is 2.35. The molecule has 1 amide bonds. The SMILES string of the molecule is Cn1cnc2cc(OC(=O)CNC(=O)OC(C)(C)C)ccc21. The molecule has 0 spiro atoms. The Morgan fingerprint density at radius 1 is 1.32 bits per heavy atom. The third-order valence-electron chi connectivity index (χ3n) is 2.70. The topological polar surface area (TPSA) is 82.5 Å². The second-order valence-corrected chi connectivity index (χ2v) is 5.84.